The first kappa shape index (κ1) is 6.36. The van der Waals surface area contributed by atoms with Gasteiger partial charge in [0.1, 0.15) is 0 Å². The number of nitrogens with zero attached hydrogens (tertiary/aromatic N) is 1. The fourth-order valence-electron chi connectivity index (χ4n) is 0.513. The van der Waals surface area contributed by atoms with Crippen LogP contribution in [0.25, 0.3) is 0 Å². The second-order valence-electron chi connectivity index (χ2n) is 1.51. The van der Waals surface area contributed by atoms with Crippen LogP contribution in [0.2, 0.25) is 5.02 Å². The summed E-state index contributed by atoms with van der Waals surface area (Å²) >= 11 is 5.66. The van der Waals surface area contributed by atoms with Crippen molar-refractivity contribution in [1.82, 2.24) is 4.98 Å². The van der Waals surface area contributed by atoms with Gasteiger partial charge < -0.3 is 4.74 Å². The molecule has 0 radical (unpaired) electrons. The summed E-state index contributed by atoms with van der Waals surface area (Å²) in [6, 6.07) is 1.68. The van der Waals surface area contributed by atoms with Crippen LogP contribution in [-0.2, 0) is 0 Å². The molecule has 0 aromatic carbocycles. The summed E-state index contributed by atoms with van der Waals surface area (Å²) in [6.45, 7) is 0. The molecule has 0 unspecified atom stereocenters. The molecule has 0 aliphatic heterocycles. The molecule has 1 aromatic heterocycles. The van der Waals surface area contributed by atoms with Gasteiger partial charge in [-0.25, -0.2) is 0 Å². The molecular weight excluding hydrogens is 138 g/mol. The number of ether oxygens (including phenoxy) is 1. The lowest BCUT2D eigenvalue weighted by atomic mass is 10.5. The van der Waals surface area contributed by atoms with E-state index in [0.717, 1.165) is 0 Å². The number of hydrogen-bond acceptors (Lipinski definition) is 2. The van der Waals surface area contributed by atoms with Crippen molar-refractivity contribution in [3.63, 3.8) is 0 Å². The Hall–Kier alpha value is -0.760. The van der Waals surface area contributed by atoms with Gasteiger partial charge in [0.25, 0.3) is 0 Å². The molecule has 0 fully saturated rings. The third-order valence-corrected chi connectivity index (χ3v) is 1.27. The molecule has 0 saturated heterocycles. The molecule has 0 spiro atoms. The Kier molecular flexibility index (Phi) is 1.90. The minimum absolute atomic E-state index is 0.590. The van der Waals surface area contributed by atoms with Gasteiger partial charge in [-0.3, -0.25) is 4.98 Å². The average Bonchev–Trinajstić information content (AvgIpc) is 1.89. The van der Waals surface area contributed by atoms with Gasteiger partial charge in [0.15, 0.2) is 5.75 Å². The molecule has 48 valence electrons. The minimum Gasteiger partial charge on any atom is -0.494 e. The monoisotopic (exact) mass is 143 g/mol. The van der Waals surface area contributed by atoms with E-state index in [0.29, 0.717) is 10.8 Å². The van der Waals surface area contributed by atoms with Gasteiger partial charge in [0.2, 0.25) is 0 Å². The Labute approximate surface area is 58.4 Å². The lowest BCUT2D eigenvalue weighted by molar-refractivity contribution is 0.413. The van der Waals surface area contributed by atoms with Crippen molar-refractivity contribution in [2.24, 2.45) is 0 Å². The van der Waals surface area contributed by atoms with Crippen LogP contribution >= 0.6 is 11.6 Å². The van der Waals surface area contributed by atoms with Gasteiger partial charge in [0, 0.05) is 6.20 Å². The molecule has 0 aliphatic carbocycles. The van der Waals surface area contributed by atoms with Crippen molar-refractivity contribution in [3.8, 4) is 5.75 Å². The first-order chi connectivity index (χ1) is 4.34. The first-order valence-corrected chi connectivity index (χ1v) is 2.86. The van der Waals surface area contributed by atoms with Crippen LogP contribution in [-0.4, -0.2) is 12.1 Å². The first-order valence-electron chi connectivity index (χ1n) is 2.48. The summed E-state index contributed by atoms with van der Waals surface area (Å²) in [6.07, 6.45) is 3.19. The molecule has 0 aliphatic rings. The van der Waals surface area contributed by atoms with E-state index < -0.39 is 0 Å². The second kappa shape index (κ2) is 2.69. The summed E-state index contributed by atoms with van der Waals surface area (Å²) in [7, 11) is 1.56. The van der Waals surface area contributed by atoms with Crippen LogP contribution < -0.4 is 4.74 Å². The Morgan fingerprint density at radius 1 is 1.67 bits per heavy atom. The van der Waals surface area contributed by atoms with E-state index in [1.54, 1.807) is 25.6 Å². The Morgan fingerprint density at radius 2 is 2.44 bits per heavy atom. The van der Waals surface area contributed by atoms with Crippen LogP contribution in [0.4, 0.5) is 0 Å². The minimum atomic E-state index is 0.590. The van der Waals surface area contributed by atoms with Gasteiger partial charge in [-0.15, -0.1) is 0 Å². The van der Waals surface area contributed by atoms with Gasteiger partial charge in [0.05, 0.1) is 18.3 Å². The largest absolute Gasteiger partial charge is 0.494 e. The fourth-order valence-corrected chi connectivity index (χ4v) is 0.695. The molecule has 0 atom stereocenters. The van der Waals surface area contributed by atoms with E-state index in [9.17, 15) is 0 Å². The standard InChI is InChI=1S/C6H6ClNO/c1-9-6-4-8-3-2-5(6)7/h2-4H,1H3. The molecule has 2 nitrogen and oxygen atoms in total. The van der Waals surface area contributed by atoms with Crippen LogP contribution in [0.5, 0.6) is 5.75 Å². The Balaban J connectivity index is 3.01. The summed E-state index contributed by atoms with van der Waals surface area (Å²) in [4.78, 5) is 3.81. The Morgan fingerprint density at radius 3 is 2.89 bits per heavy atom. The lowest BCUT2D eigenvalue weighted by Gasteiger charge is -1.97. The molecule has 0 bridgehead atoms. The van der Waals surface area contributed by atoms with Gasteiger partial charge >= 0.3 is 0 Å². The highest BCUT2D eigenvalue weighted by Gasteiger charge is 1.94. The zero-order valence-corrected chi connectivity index (χ0v) is 5.72. The average molecular weight is 144 g/mol. The van der Waals surface area contributed by atoms with Crippen molar-refractivity contribution in [2.75, 3.05) is 7.11 Å². The fraction of sp³-hybridized carbons (Fsp3) is 0.167. The maximum absolute atomic E-state index is 5.66. The number of pyridine rings is 1. The SMILES string of the molecule is COc1cnccc1Cl. The van der Waals surface area contributed by atoms with Crippen molar-refractivity contribution in [1.29, 1.82) is 0 Å². The number of halogens is 1. The molecule has 3 heteroatoms. The zero-order chi connectivity index (χ0) is 6.69. The van der Waals surface area contributed by atoms with E-state index in [1.807, 2.05) is 0 Å². The third-order valence-electron chi connectivity index (χ3n) is 0.954. The van der Waals surface area contributed by atoms with Crippen molar-refractivity contribution >= 4 is 11.6 Å². The quantitative estimate of drug-likeness (QED) is 0.598. The van der Waals surface area contributed by atoms with E-state index >= 15 is 0 Å². The maximum atomic E-state index is 5.66. The highest BCUT2D eigenvalue weighted by atomic mass is 35.5. The van der Waals surface area contributed by atoms with Crippen LogP contribution in [0.3, 0.4) is 0 Å². The molecular formula is C6H6ClNO. The topological polar surface area (TPSA) is 22.1 Å². The van der Waals surface area contributed by atoms with Crippen LogP contribution in [0.15, 0.2) is 18.5 Å². The molecule has 0 saturated carbocycles. The number of rotatable bonds is 1. The normalized spacial score (nSPS) is 9.11. The van der Waals surface area contributed by atoms with Crippen molar-refractivity contribution < 1.29 is 4.74 Å². The molecule has 1 heterocycles. The predicted molar refractivity (Wildman–Crippen MR) is 35.8 cm³/mol. The molecule has 0 amide bonds. The highest BCUT2D eigenvalue weighted by Crippen LogP contribution is 2.20. The number of methoxy groups -OCH3 is 1. The van der Waals surface area contributed by atoms with Gasteiger partial charge in [-0.2, -0.15) is 0 Å². The van der Waals surface area contributed by atoms with Crippen molar-refractivity contribution in [2.45, 2.75) is 0 Å². The number of hydrogen-bond donors (Lipinski definition) is 0. The summed E-state index contributed by atoms with van der Waals surface area (Å²) in [5.41, 5.74) is 0. The van der Waals surface area contributed by atoms with Crippen LogP contribution in [0, 0.1) is 0 Å². The highest BCUT2D eigenvalue weighted by molar-refractivity contribution is 6.31. The molecule has 1 rings (SSSR count). The molecule has 0 N–H and O–H groups in total. The third kappa shape index (κ3) is 1.33. The maximum Gasteiger partial charge on any atom is 0.155 e. The Bertz CT molecular complexity index is 202. The zero-order valence-electron chi connectivity index (χ0n) is 4.97. The summed E-state index contributed by atoms with van der Waals surface area (Å²) in [5.74, 6) is 0.610. The molecule has 1 aromatic rings. The van der Waals surface area contributed by atoms with E-state index in [2.05, 4.69) is 4.98 Å². The number of aromatic nitrogens is 1. The van der Waals surface area contributed by atoms with E-state index in [4.69, 9.17) is 16.3 Å². The lowest BCUT2D eigenvalue weighted by Crippen LogP contribution is -1.83. The molecule has 9 heavy (non-hydrogen) atoms. The van der Waals surface area contributed by atoms with Gasteiger partial charge in [-0.05, 0) is 6.07 Å². The van der Waals surface area contributed by atoms with Gasteiger partial charge in [-0.1, -0.05) is 11.6 Å². The second-order valence-corrected chi connectivity index (χ2v) is 1.92. The van der Waals surface area contributed by atoms with Crippen molar-refractivity contribution in [3.05, 3.63) is 23.5 Å². The smallest absolute Gasteiger partial charge is 0.155 e. The summed E-state index contributed by atoms with van der Waals surface area (Å²) < 4.78 is 4.85. The van der Waals surface area contributed by atoms with E-state index in [1.165, 1.54) is 0 Å². The van der Waals surface area contributed by atoms with Crippen LogP contribution in [0.1, 0.15) is 0 Å². The van der Waals surface area contributed by atoms with E-state index in [-0.39, 0.29) is 0 Å². The summed E-state index contributed by atoms with van der Waals surface area (Å²) in [5, 5.41) is 0.590. The predicted octanol–water partition coefficient (Wildman–Crippen LogP) is 1.74.